The van der Waals surface area contributed by atoms with Gasteiger partial charge in [-0.1, -0.05) is 36.4 Å². The van der Waals surface area contributed by atoms with Crippen LogP contribution in [0.1, 0.15) is 0 Å². The molecule has 0 unspecified atom stereocenters. The molecule has 0 radical (unpaired) electrons. The highest BCUT2D eigenvalue weighted by Gasteiger charge is 2.34. The minimum atomic E-state index is -0.520. The predicted molar refractivity (Wildman–Crippen MR) is 127 cm³/mol. The van der Waals surface area contributed by atoms with Crippen LogP contribution in [0.4, 0.5) is 0 Å². The van der Waals surface area contributed by atoms with Crippen LogP contribution in [0.25, 0.3) is 22.3 Å². The molecule has 0 bridgehead atoms. The Morgan fingerprint density at radius 1 is 0.543 bits per heavy atom. The van der Waals surface area contributed by atoms with Gasteiger partial charge in [0.05, 0.1) is 11.6 Å². The van der Waals surface area contributed by atoms with E-state index in [0.29, 0.717) is 11.5 Å². The fraction of sp³-hybridized carbons (Fsp3) is 0. The van der Waals surface area contributed by atoms with Crippen molar-refractivity contribution in [2.24, 2.45) is 0 Å². The Bertz CT molecular complexity index is 1530. The van der Waals surface area contributed by atoms with Gasteiger partial charge in [0, 0.05) is 6.07 Å². The zero-order valence-corrected chi connectivity index (χ0v) is 18.0. The van der Waals surface area contributed by atoms with E-state index in [1.807, 2.05) is 0 Å². The minimum absolute atomic E-state index is 0.0355. The second-order valence-corrected chi connectivity index (χ2v) is 7.59. The molecule has 0 saturated heterocycles. The van der Waals surface area contributed by atoms with Crippen molar-refractivity contribution in [2.75, 3.05) is 0 Å². The van der Waals surface area contributed by atoms with E-state index in [2.05, 4.69) is 0 Å². The van der Waals surface area contributed by atoms with Crippen LogP contribution in [0.2, 0.25) is 0 Å². The highest BCUT2D eigenvalue weighted by molar-refractivity contribution is 5.98. The molecule has 8 heteroatoms. The summed E-state index contributed by atoms with van der Waals surface area (Å²) in [6, 6.07) is 22.2. The van der Waals surface area contributed by atoms with Gasteiger partial charge < -0.3 is 35.0 Å². The van der Waals surface area contributed by atoms with Gasteiger partial charge in [-0.05, 0) is 36.4 Å². The molecule has 5 aromatic rings. The number of hydrogen-bond acceptors (Lipinski definition) is 7. The van der Waals surface area contributed by atoms with Crippen molar-refractivity contribution in [3.05, 3.63) is 84.9 Å². The Morgan fingerprint density at radius 2 is 1.14 bits per heavy atom. The molecule has 0 atom stereocenters. The summed E-state index contributed by atoms with van der Waals surface area (Å²) in [5, 5.41) is 52.4. The van der Waals surface area contributed by atoms with E-state index in [1.165, 1.54) is 24.3 Å². The van der Waals surface area contributed by atoms with Crippen LogP contribution in [-0.2, 0) is 0 Å². The summed E-state index contributed by atoms with van der Waals surface area (Å²) in [5.41, 5.74) is 0.174. The lowest BCUT2D eigenvalue weighted by Crippen LogP contribution is -1.93. The van der Waals surface area contributed by atoms with Crippen molar-refractivity contribution in [1.82, 2.24) is 0 Å². The van der Waals surface area contributed by atoms with Gasteiger partial charge in [-0.15, -0.1) is 0 Å². The third-order valence-corrected chi connectivity index (χ3v) is 5.23. The lowest BCUT2D eigenvalue weighted by atomic mass is 10.1. The maximum Gasteiger partial charge on any atom is 0.406 e. The molecule has 0 aliphatic carbocycles. The first-order valence-corrected chi connectivity index (χ1v) is 10.5. The standard InChI is InChI=1S/C27H18O8/c28-18-12-11-15(13-19(18)29)25-24(32)27(34-17-9-5-2-6-10-17)22-21(35-25)14-20(30)26(23(22)31)33-16-7-3-1-4-8-16/h1-14H,(H4-,28,29,30,31,32)/p+1. The summed E-state index contributed by atoms with van der Waals surface area (Å²) in [5.74, 6) is -2.05. The van der Waals surface area contributed by atoms with Gasteiger partial charge in [0.15, 0.2) is 34.1 Å². The summed E-state index contributed by atoms with van der Waals surface area (Å²) < 4.78 is 17.5. The molecular formula is C27H19O8+. The molecule has 0 spiro atoms. The molecule has 0 fully saturated rings. The first-order chi connectivity index (χ1) is 16.9. The highest BCUT2D eigenvalue weighted by Crippen LogP contribution is 2.53. The molecule has 8 nitrogen and oxygen atoms in total. The third-order valence-electron chi connectivity index (χ3n) is 5.23. The van der Waals surface area contributed by atoms with Crippen LogP contribution in [0.3, 0.4) is 0 Å². The molecular weight excluding hydrogens is 452 g/mol. The minimum Gasteiger partial charge on any atom is -0.504 e. The first kappa shape index (κ1) is 21.7. The summed E-state index contributed by atoms with van der Waals surface area (Å²) in [7, 11) is 0. The predicted octanol–water partition coefficient (Wildman–Crippen LogP) is 6.49. The largest absolute Gasteiger partial charge is 0.504 e. The van der Waals surface area contributed by atoms with Crippen LogP contribution in [0.5, 0.6) is 51.7 Å². The Kier molecular flexibility index (Phi) is 5.39. The van der Waals surface area contributed by atoms with Crippen molar-refractivity contribution < 1.29 is 39.4 Å². The maximum atomic E-state index is 11.2. The molecule has 1 aromatic heterocycles. The van der Waals surface area contributed by atoms with E-state index >= 15 is 0 Å². The molecule has 174 valence electrons. The van der Waals surface area contributed by atoms with Gasteiger partial charge in [0.1, 0.15) is 11.5 Å². The van der Waals surface area contributed by atoms with Crippen molar-refractivity contribution in [2.45, 2.75) is 0 Å². The zero-order chi connectivity index (χ0) is 24.5. The van der Waals surface area contributed by atoms with Gasteiger partial charge in [-0.2, -0.15) is 0 Å². The molecule has 0 aliphatic heterocycles. The molecule has 35 heavy (non-hydrogen) atoms. The number of phenols is 4. The Labute approximate surface area is 198 Å². The summed E-state index contributed by atoms with van der Waals surface area (Å²) in [6.07, 6.45) is 0. The average Bonchev–Trinajstić information content (AvgIpc) is 2.86. The van der Waals surface area contributed by atoms with E-state index < -0.39 is 23.0 Å². The van der Waals surface area contributed by atoms with E-state index in [0.717, 1.165) is 0 Å². The van der Waals surface area contributed by atoms with Crippen molar-refractivity contribution in [1.29, 1.82) is 0 Å². The van der Waals surface area contributed by atoms with E-state index in [-0.39, 0.29) is 39.5 Å². The van der Waals surface area contributed by atoms with Crippen LogP contribution >= 0.6 is 0 Å². The molecule has 5 N–H and O–H groups in total. The van der Waals surface area contributed by atoms with Gasteiger partial charge in [0.2, 0.25) is 5.75 Å². The summed E-state index contributed by atoms with van der Waals surface area (Å²) in [6.45, 7) is 0. The Balaban J connectivity index is 1.76. The molecule has 1 heterocycles. The fourth-order valence-corrected chi connectivity index (χ4v) is 3.57. The monoisotopic (exact) mass is 471 g/mol. The SMILES string of the molecule is Oc1ccc(-c2[o+]c3cc(O)c(Oc4ccccc4)c(O)c3c(Oc3ccccc3)c2O)cc1O. The van der Waals surface area contributed by atoms with E-state index in [9.17, 15) is 25.5 Å². The van der Waals surface area contributed by atoms with Crippen molar-refractivity contribution >= 4 is 11.0 Å². The number of hydrogen-bond donors (Lipinski definition) is 5. The zero-order valence-electron chi connectivity index (χ0n) is 18.0. The third kappa shape index (κ3) is 4.04. The maximum absolute atomic E-state index is 11.2. The topological polar surface area (TPSA) is 131 Å². The van der Waals surface area contributed by atoms with Gasteiger partial charge in [0.25, 0.3) is 5.75 Å². The van der Waals surface area contributed by atoms with Crippen LogP contribution < -0.4 is 9.47 Å². The van der Waals surface area contributed by atoms with Gasteiger partial charge in [-0.3, -0.25) is 0 Å². The second kappa shape index (κ2) is 8.68. The summed E-state index contributed by atoms with van der Waals surface area (Å²) >= 11 is 0. The van der Waals surface area contributed by atoms with E-state index in [1.54, 1.807) is 60.7 Å². The number of rotatable bonds is 5. The number of aromatic hydroxyl groups is 5. The lowest BCUT2D eigenvalue weighted by Gasteiger charge is -2.13. The smallest absolute Gasteiger partial charge is 0.406 e. The van der Waals surface area contributed by atoms with Gasteiger partial charge in [-0.25, -0.2) is 4.42 Å². The van der Waals surface area contributed by atoms with Crippen LogP contribution in [0, 0.1) is 0 Å². The van der Waals surface area contributed by atoms with Gasteiger partial charge >= 0.3 is 11.3 Å². The van der Waals surface area contributed by atoms with Crippen LogP contribution in [0.15, 0.2) is 89.3 Å². The molecule has 5 rings (SSSR count). The second-order valence-electron chi connectivity index (χ2n) is 7.59. The van der Waals surface area contributed by atoms with Crippen LogP contribution in [-0.4, -0.2) is 25.5 Å². The number of fused-ring (bicyclic) bond motifs is 1. The van der Waals surface area contributed by atoms with Crippen molar-refractivity contribution in [3.63, 3.8) is 0 Å². The molecule has 4 aromatic carbocycles. The normalized spacial score (nSPS) is 10.9. The fourth-order valence-electron chi connectivity index (χ4n) is 3.57. The van der Waals surface area contributed by atoms with E-state index in [4.69, 9.17) is 13.9 Å². The quantitative estimate of drug-likeness (QED) is 0.145. The average molecular weight is 471 g/mol. The molecule has 0 saturated carbocycles. The number of benzene rings is 4. The number of phenolic OH excluding ortho intramolecular Hbond substituents is 4. The number of ether oxygens (including phenoxy) is 2. The Morgan fingerprint density at radius 3 is 1.74 bits per heavy atom. The summed E-state index contributed by atoms with van der Waals surface area (Å²) in [4.78, 5) is 0. The highest BCUT2D eigenvalue weighted by atomic mass is 16.5. The molecule has 0 aliphatic rings. The Hall–Kier alpha value is -5.11. The molecule has 0 amide bonds. The number of para-hydroxylation sites is 2. The first-order valence-electron chi connectivity index (χ1n) is 10.5. The lowest BCUT2D eigenvalue weighted by molar-refractivity contribution is 0.372. The van der Waals surface area contributed by atoms with Crippen molar-refractivity contribution in [3.8, 4) is 63.1 Å².